The molecule has 2 aromatic rings. The minimum atomic E-state index is -0.434. The summed E-state index contributed by atoms with van der Waals surface area (Å²) in [4.78, 5) is 30.0. The molecule has 1 amide bonds. The summed E-state index contributed by atoms with van der Waals surface area (Å²) in [7, 11) is 1.34. The second kappa shape index (κ2) is 8.39. The van der Waals surface area contributed by atoms with Crippen molar-refractivity contribution < 1.29 is 14.3 Å². The quantitative estimate of drug-likeness (QED) is 0.768. The fraction of sp³-hybridized carbons (Fsp3) is 0.429. The molecule has 0 radical (unpaired) electrons. The molecule has 1 aromatic carbocycles. The number of esters is 1. The average Bonchev–Trinajstić information content (AvgIpc) is 3.28. The summed E-state index contributed by atoms with van der Waals surface area (Å²) < 4.78 is 4.80. The number of aromatic nitrogens is 1. The Morgan fingerprint density at radius 3 is 2.48 bits per heavy atom. The normalized spacial score (nSPS) is 14.3. The van der Waals surface area contributed by atoms with Gasteiger partial charge < -0.3 is 15.0 Å². The number of rotatable bonds is 6. The van der Waals surface area contributed by atoms with Crippen LogP contribution in [0.1, 0.15) is 56.1 Å². The van der Waals surface area contributed by atoms with Gasteiger partial charge in [0.15, 0.2) is 0 Å². The minimum Gasteiger partial charge on any atom is -0.465 e. The van der Waals surface area contributed by atoms with Gasteiger partial charge in [0.25, 0.3) is 5.91 Å². The summed E-state index contributed by atoms with van der Waals surface area (Å²) in [6.45, 7) is 7.16. The minimum absolute atomic E-state index is 0.221. The predicted octanol–water partition coefficient (Wildman–Crippen LogP) is 2.94. The molecular formula is C21H27N3O3. The Balaban J connectivity index is 1.70. The molecule has 0 unspecified atom stereocenters. The summed E-state index contributed by atoms with van der Waals surface area (Å²) in [5, 5.41) is 2.98. The van der Waals surface area contributed by atoms with Crippen molar-refractivity contribution in [3.63, 3.8) is 0 Å². The van der Waals surface area contributed by atoms with E-state index in [9.17, 15) is 9.59 Å². The Hall–Kier alpha value is -2.60. The lowest BCUT2D eigenvalue weighted by Gasteiger charge is -2.17. The van der Waals surface area contributed by atoms with Gasteiger partial charge >= 0.3 is 5.97 Å². The number of nitrogens with one attached hydrogen (secondary N) is 2. The number of aryl methyl sites for hydroxylation is 1. The molecule has 27 heavy (non-hydrogen) atoms. The Kier molecular flexibility index (Phi) is 5.96. The number of hydrogen-bond acceptors (Lipinski definition) is 4. The van der Waals surface area contributed by atoms with Crippen molar-refractivity contribution in [3.8, 4) is 0 Å². The van der Waals surface area contributed by atoms with E-state index >= 15 is 0 Å². The van der Waals surface area contributed by atoms with Gasteiger partial charge in [-0.25, -0.2) is 4.79 Å². The lowest BCUT2D eigenvalue weighted by atomic mass is 10.1. The molecule has 1 fully saturated rings. The highest BCUT2D eigenvalue weighted by Crippen LogP contribution is 2.20. The third kappa shape index (κ3) is 4.22. The third-order valence-electron chi connectivity index (χ3n) is 5.20. The van der Waals surface area contributed by atoms with Gasteiger partial charge in [-0.1, -0.05) is 24.3 Å². The van der Waals surface area contributed by atoms with Crippen molar-refractivity contribution in [1.82, 2.24) is 15.2 Å². The number of H-pyrrole nitrogens is 1. The zero-order valence-electron chi connectivity index (χ0n) is 16.2. The zero-order chi connectivity index (χ0) is 19.4. The number of carbonyl (C=O) groups is 2. The van der Waals surface area contributed by atoms with Crippen molar-refractivity contribution in [2.45, 2.75) is 39.8 Å². The van der Waals surface area contributed by atoms with Gasteiger partial charge in [-0.05, 0) is 56.5 Å². The molecule has 6 nitrogen and oxygen atoms in total. The van der Waals surface area contributed by atoms with E-state index in [1.165, 1.54) is 25.5 Å². The average molecular weight is 369 g/mol. The first-order valence-electron chi connectivity index (χ1n) is 9.36. The highest BCUT2D eigenvalue weighted by Gasteiger charge is 2.22. The topological polar surface area (TPSA) is 74.4 Å². The summed E-state index contributed by atoms with van der Waals surface area (Å²) in [6, 6.07) is 8.21. The maximum absolute atomic E-state index is 12.7. The van der Waals surface area contributed by atoms with E-state index in [1.54, 1.807) is 13.8 Å². The van der Waals surface area contributed by atoms with E-state index in [4.69, 9.17) is 4.74 Å². The second-order valence-electron chi connectivity index (χ2n) is 7.05. The van der Waals surface area contributed by atoms with Crippen molar-refractivity contribution in [3.05, 3.63) is 57.9 Å². The second-order valence-corrected chi connectivity index (χ2v) is 7.05. The van der Waals surface area contributed by atoms with Gasteiger partial charge in [0.05, 0.1) is 12.7 Å². The van der Waals surface area contributed by atoms with Crippen LogP contribution >= 0.6 is 0 Å². The lowest BCUT2D eigenvalue weighted by molar-refractivity contribution is 0.0599. The highest BCUT2D eigenvalue weighted by atomic mass is 16.5. The van der Waals surface area contributed by atoms with Gasteiger partial charge in [-0.15, -0.1) is 0 Å². The molecule has 2 N–H and O–H groups in total. The maximum Gasteiger partial charge on any atom is 0.339 e. The molecule has 1 aliphatic rings. The number of hydrogen-bond donors (Lipinski definition) is 2. The van der Waals surface area contributed by atoms with E-state index < -0.39 is 5.97 Å². The van der Waals surface area contributed by atoms with Gasteiger partial charge in [0.1, 0.15) is 5.69 Å². The number of carbonyl (C=O) groups excluding carboxylic acids is 2. The van der Waals surface area contributed by atoms with Crippen LogP contribution in [0.3, 0.4) is 0 Å². The van der Waals surface area contributed by atoms with Gasteiger partial charge in [0, 0.05) is 18.8 Å². The van der Waals surface area contributed by atoms with Crippen molar-refractivity contribution in [1.29, 1.82) is 0 Å². The van der Waals surface area contributed by atoms with Gasteiger partial charge in [0.2, 0.25) is 0 Å². The number of amides is 1. The first kappa shape index (κ1) is 19.2. The molecule has 3 rings (SSSR count). The van der Waals surface area contributed by atoms with E-state index in [0.29, 0.717) is 29.1 Å². The van der Waals surface area contributed by atoms with E-state index in [2.05, 4.69) is 27.3 Å². The van der Waals surface area contributed by atoms with Crippen LogP contribution in [0.15, 0.2) is 24.3 Å². The standard InChI is InChI=1S/C21H27N3O3/c1-14-18(21(26)27-3)15(2)23-19(14)20(25)22-12-16-8-4-5-9-17(16)13-24-10-6-7-11-24/h4-5,8-9,23H,6-7,10-13H2,1-3H3,(H,22,25). The van der Waals surface area contributed by atoms with Crippen molar-refractivity contribution in [2.75, 3.05) is 20.2 Å². The van der Waals surface area contributed by atoms with Crippen LogP contribution in [-0.4, -0.2) is 42.0 Å². The summed E-state index contributed by atoms with van der Waals surface area (Å²) in [5.74, 6) is -0.655. The van der Waals surface area contributed by atoms with Crippen LogP contribution in [0.5, 0.6) is 0 Å². The molecule has 0 bridgehead atoms. The smallest absolute Gasteiger partial charge is 0.339 e. The summed E-state index contributed by atoms with van der Waals surface area (Å²) in [6.07, 6.45) is 2.51. The Morgan fingerprint density at radius 2 is 1.81 bits per heavy atom. The maximum atomic E-state index is 12.7. The molecule has 144 valence electrons. The van der Waals surface area contributed by atoms with E-state index in [0.717, 1.165) is 25.2 Å². The molecule has 1 saturated heterocycles. The third-order valence-corrected chi connectivity index (χ3v) is 5.20. The summed E-state index contributed by atoms with van der Waals surface area (Å²) in [5.41, 5.74) is 4.45. The summed E-state index contributed by atoms with van der Waals surface area (Å²) >= 11 is 0. The monoisotopic (exact) mass is 369 g/mol. The van der Waals surface area contributed by atoms with E-state index in [1.807, 2.05) is 12.1 Å². The fourth-order valence-electron chi connectivity index (χ4n) is 3.72. The zero-order valence-corrected chi connectivity index (χ0v) is 16.2. The van der Waals surface area contributed by atoms with E-state index in [-0.39, 0.29) is 5.91 Å². The molecular weight excluding hydrogens is 342 g/mol. The van der Waals surface area contributed by atoms with Gasteiger partial charge in [-0.2, -0.15) is 0 Å². The van der Waals surface area contributed by atoms with Crippen LogP contribution in [0, 0.1) is 13.8 Å². The number of nitrogens with zero attached hydrogens (tertiary/aromatic N) is 1. The van der Waals surface area contributed by atoms with Crippen molar-refractivity contribution >= 4 is 11.9 Å². The van der Waals surface area contributed by atoms with Crippen LogP contribution in [0.25, 0.3) is 0 Å². The first-order valence-corrected chi connectivity index (χ1v) is 9.36. The highest BCUT2D eigenvalue weighted by molar-refractivity contribution is 6.00. The molecule has 0 atom stereocenters. The molecule has 0 saturated carbocycles. The molecule has 0 aliphatic carbocycles. The Morgan fingerprint density at radius 1 is 1.15 bits per heavy atom. The van der Waals surface area contributed by atoms with Gasteiger partial charge in [-0.3, -0.25) is 9.69 Å². The first-order chi connectivity index (χ1) is 13.0. The van der Waals surface area contributed by atoms with Crippen LogP contribution in [0.2, 0.25) is 0 Å². The molecule has 1 aliphatic heterocycles. The fourth-order valence-corrected chi connectivity index (χ4v) is 3.72. The number of methoxy groups -OCH3 is 1. The molecule has 2 heterocycles. The number of benzene rings is 1. The molecule has 0 spiro atoms. The number of likely N-dealkylation sites (tertiary alicyclic amines) is 1. The molecule has 1 aromatic heterocycles. The predicted molar refractivity (Wildman–Crippen MR) is 104 cm³/mol. The number of aromatic amines is 1. The van der Waals surface area contributed by atoms with Crippen LogP contribution in [0.4, 0.5) is 0 Å². The largest absolute Gasteiger partial charge is 0.465 e. The number of ether oxygens (including phenoxy) is 1. The SMILES string of the molecule is COC(=O)c1c(C)[nH]c(C(=O)NCc2ccccc2CN2CCCC2)c1C. The van der Waals surface area contributed by atoms with Crippen LogP contribution in [-0.2, 0) is 17.8 Å². The van der Waals surface area contributed by atoms with Crippen molar-refractivity contribution in [2.24, 2.45) is 0 Å². The lowest BCUT2D eigenvalue weighted by Crippen LogP contribution is -2.26. The molecule has 6 heteroatoms. The Labute approximate surface area is 159 Å². The Bertz CT molecular complexity index is 835. The van der Waals surface area contributed by atoms with Crippen LogP contribution < -0.4 is 5.32 Å².